The van der Waals surface area contributed by atoms with E-state index in [0.29, 0.717) is 42.4 Å². The monoisotopic (exact) mass is 450 g/mol. The van der Waals surface area contributed by atoms with Gasteiger partial charge in [0.25, 0.3) is 5.91 Å². The van der Waals surface area contributed by atoms with E-state index in [-0.39, 0.29) is 23.8 Å². The van der Waals surface area contributed by atoms with Crippen molar-refractivity contribution >= 4 is 28.8 Å². The first-order valence-corrected chi connectivity index (χ1v) is 11.5. The molecule has 0 radical (unpaired) electrons. The lowest BCUT2D eigenvalue weighted by Gasteiger charge is -2.37. The first-order chi connectivity index (χ1) is 14.8. The molecule has 2 aliphatic rings. The molecular formula is C23H25F3N2O2S. The second-order valence-corrected chi connectivity index (χ2v) is 9.33. The van der Waals surface area contributed by atoms with E-state index in [1.165, 1.54) is 17.4 Å². The molecule has 8 heteroatoms. The van der Waals surface area contributed by atoms with Gasteiger partial charge in [0.1, 0.15) is 0 Å². The van der Waals surface area contributed by atoms with Gasteiger partial charge in [0.2, 0.25) is 5.91 Å². The Morgan fingerprint density at radius 3 is 2.39 bits per heavy atom. The van der Waals surface area contributed by atoms with Gasteiger partial charge in [0.15, 0.2) is 0 Å². The zero-order valence-corrected chi connectivity index (χ0v) is 18.1. The topological polar surface area (TPSA) is 40.6 Å². The predicted octanol–water partition coefficient (Wildman–Crippen LogP) is 5.45. The molecule has 166 valence electrons. The third-order valence-electron chi connectivity index (χ3n) is 6.26. The average molecular weight is 451 g/mol. The minimum Gasteiger partial charge on any atom is -0.338 e. The van der Waals surface area contributed by atoms with E-state index in [1.807, 2.05) is 18.4 Å². The van der Waals surface area contributed by atoms with Crippen molar-refractivity contribution in [1.29, 1.82) is 0 Å². The molecule has 1 aliphatic carbocycles. The van der Waals surface area contributed by atoms with Gasteiger partial charge in [-0.2, -0.15) is 13.2 Å². The van der Waals surface area contributed by atoms with Crippen molar-refractivity contribution in [3.05, 3.63) is 52.2 Å². The number of likely N-dealkylation sites (tertiary alicyclic amines) is 1. The number of nitrogens with zero attached hydrogens (tertiary/aromatic N) is 2. The Bertz CT molecular complexity index is 933. The maximum atomic E-state index is 13.5. The number of halogens is 3. The van der Waals surface area contributed by atoms with Crippen LogP contribution in [0.2, 0.25) is 0 Å². The van der Waals surface area contributed by atoms with Crippen LogP contribution >= 0.6 is 11.3 Å². The quantitative estimate of drug-likeness (QED) is 0.608. The summed E-state index contributed by atoms with van der Waals surface area (Å²) < 4.78 is 39.8. The maximum Gasteiger partial charge on any atom is 0.416 e. The normalized spacial score (nSPS) is 18.6. The van der Waals surface area contributed by atoms with Gasteiger partial charge in [-0.25, -0.2) is 0 Å². The zero-order chi connectivity index (χ0) is 22.2. The second kappa shape index (κ2) is 8.65. The maximum absolute atomic E-state index is 13.5. The zero-order valence-electron chi connectivity index (χ0n) is 17.3. The van der Waals surface area contributed by atoms with Crippen molar-refractivity contribution in [3.8, 4) is 0 Å². The summed E-state index contributed by atoms with van der Waals surface area (Å²) in [5, 5.41) is 1.86. The molecule has 0 spiro atoms. The average Bonchev–Trinajstić information content (AvgIpc) is 3.47. The third kappa shape index (κ3) is 4.79. The van der Waals surface area contributed by atoms with Crippen LogP contribution in [0.4, 0.5) is 18.9 Å². The van der Waals surface area contributed by atoms with Gasteiger partial charge in [-0.15, -0.1) is 11.3 Å². The predicted molar refractivity (Wildman–Crippen MR) is 114 cm³/mol. The molecule has 2 heterocycles. The highest BCUT2D eigenvalue weighted by molar-refractivity contribution is 7.12. The molecule has 2 amide bonds. The van der Waals surface area contributed by atoms with Gasteiger partial charge < -0.3 is 9.80 Å². The summed E-state index contributed by atoms with van der Waals surface area (Å²) in [5.41, 5.74) is -0.446. The Morgan fingerprint density at radius 2 is 1.81 bits per heavy atom. The fraction of sp³-hybridized carbons (Fsp3) is 0.478. The SMILES string of the molecule is C[C@H](C1CC1)N(C(=O)C1CCN(C(=O)c2cccs2)CC1)c1cccc(C(F)(F)F)c1. The largest absolute Gasteiger partial charge is 0.416 e. The molecule has 4 rings (SSSR count). The lowest BCUT2D eigenvalue weighted by atomic mass is 9.93. The van der Waals surface area contributed by atoms with Crippen LogP contribution in [0.25, 0.3) is 0 Å². The standard InChI is InChI=1S/C23H25F3N2O2S/c1-15(16-7-8-16)28(19-5-2-4-18(14-19)23(24,25)26)21(29)17-9-11-27(12-10-17)22(30)20-6-3-13-31-20/h2-6,13-17H,7-12H2,1H3/t15-/m1/s1. The summed E-state index contributed by atoms with van der Waals surface area (Å²) in [6.45, 7) is 2.87. The fourth-order valence-electron chi connectivity index (χ4n) is 4.27. The Balaban J connectivity index is 1.50. The molecule has 2 fully saturated rings. The molecule has 4 nitrogen and oxygen atoms in total. The van der Waals surface area contributed by atoms with Gasteiger partial charge >= 0.3 is 6.18 Å². The van der Waals surface area contributed by atoms with Crippen molar-refractivity contribution in [2.24, 2.45) is 11.8 Å². The number of hydrogen-bond donors (Lipinski definition) is 0. The number of piperidine rings is 1. The minimum atomic E-state index is -4.46. The number of carbonyl (C=O) groups is 2. The van der Waals surface area contributed by atoms with Gasteiger partial charge in [0, 0.05) is 30.7 Å². The summed E-state index contributed by atoms with van der Waals surface area (Å²) in [6.07, 6.45) is -1.46. The summed E-state index contributed by atoms with van der Waals surface area (Å²) in [6, 6.07) is 8.52. The summed E-state index contributed by atoms with van der Waals surface area (Å²) in [4.78, 5) is 30.1. The molecule has 1 saturated heterocycles. The van der Waals surface area contributed by atoms with Gasteiger partial charge in [-0.05, 0) is 68.2 Å². The number of benzene rings is 1. The molecule has 1 atom stereocenters. The van der Waals surface area contributed by atoms with Crippen LogP contribution in [0.5, 0.6) is 0 Å². The van der Waals surface area contributed by atoms with Crippen molar-refractivity contribution in [2.75, 3.05) is 18.0 Å². The van der Waals surface area contributed by atoms with E-state index in [4.69, 9.17) is 0 Å². The van der Waals surface area contributed by atoms with Gasteiger partial charge in [-0.1, -0.05) is 12.1 Å². The molecule has 1 aromatic carbocycles. The molecule has 0 bridgehead atoms. The molecule has 1 saturated carbocycles. The molecule has 1 aromatic heterocycles. The van der Waals surface area contributed by atoms with Crippen LogP contribution < -0.4 is 4.90 Å². The van der Waals surface area contributed by atoms with E-state index in [0.717, 1.165) is 25.0 Å². The van der Waals surface area contributed by atoms with Crippen LogP contribution in [0, 0.1) is 11.8 Å². The van der Waals surface area contributed by atoms with Crippen LogP contribution in [-0.2, 0) is 11.0 Å². The highest BCUT2D eigenvalue weighted by Crippen LogP contribution is 2.39. The minimum absolute atomic E-state index is 0.0259. The smallest absolute Gasteiger partial charge is 0.338 e. The molecule has 31 heavy (non-hydrogen) atoms. The fourth-order valence-corrected chi connectivity index (χ4v) is 4.96. The Labute approximate surface area is 183 Å². The number of anilines is 1. The number of hydrogen-bond acceptors (Lipinski definition) is 3. The van der Waals surface area contributed by atoms with Gasteiger partial charge in [0.05, 0.1) is 10.4 Å². The van der Waals surface area contributed by atoms with Crippen molar-refractivity contribution in [2.45, 2.75) is 44.8 Å². The second-order valence-electron chi connectivity index (χ2n) is 8.38. The summed E-state index contributed by atoms with van der Waals surface area (Å²) in [7, 11) is 0. The highest BCUT2D eigenvalue weighted by atomic mass is 32.1. The highest BCUT2D eigenvalue weighted by Gasteiger charge is 2.39. The lowest BCUT2D eigenvalue weighted by molar-refractivity contribution is -0.137. The van der Waals surface area contributed by atoms with E-state index >= 15 is 0 Å². The Morgan fingerprint density at radius 1 is 1.10 bits per heavy atom. The Kier molecular flexibility index (Phi) is 6.10. The molecule has 0 unspecified atom stereocenters. The molecule has 0 N–H and O–H groups in total. The molecular weight excluding hydrogens is 425 g/mol. The van der Waals surface area contributed by atoms with Crippen LogP contribution in [0.3, 0.4) is 0 Å². The first kappa shape index (κ1) is 21.9. The number of amides is 2. The molecule has 2 aromatic rings. The third-order valence-corrected chi connectivity index (χ3v) is 7.12. The van der Waals surface area contributed by atoms with E-state index in [1.54, 1.807) is 21.9 Å². The first-order valence-electron chi connectivity index (χ1n) is 10.6. The molecule has 1 aliphatic heterocycles. The number of thiophene rings is 1. The van der Waals surface area contributed by atoms with Crippen LogP contribution in [-0.4, -0.2) is 35.8 Å². The van der Waals surface area contributed by atoms with E-state index in [9.17, 15) is 22.8 Å². The summed E-state index contributed by atoms with van der Waals surface area (Å²) in [5.74, 6) is -0.147. The number of rotatable bonds is 5. The van der Waals surface area contributed by atoms with E-state index in [2.05, 4.69) is 0 Å². The van der Waals surface area contributed by atoms with Crippen LogP contribution in [0.1, 0.15) is 47.8 Å². The van der Waals surface area contributed by atoms with Gasteiger partial charge in [-0.3, -0.25) is 9.59 Å². The van der Waals surface area contributed by atoms with Crippen molar-refractivity contribution in [3.63, 3.8) is 0 Å². The lowest BCUT2D eigenvalue weighted by Crippen LogP contribution is -2.47. The van der Waals surface area contributed by atoms with Crippen molar-refractivity contribution in [1.82, 2.24) is 4.90 Å². The van der Waals surface area contributed by atoms with Crippen molar-refractivity contribution < 1.29 is 22.8 Å². The van der Waals surface area contributed by atoms with Crippen LogP contribution in [0.15, 0.2) is 41.8 Å². The Hall–Kier alpha value is -2.35. The summed E-state index contributed by atoms with van der Waals surface area (Å²) >= 11 is 1.39. The number of carbonyl (C=O) groups excluding carboxylic acids is 2. The van der Waals surface area contributed by atoms with E-state index < -0.39 is 11.7 Å². The number of alkyl halides is 3.